The Hall–Kier alpha value is -1.24. The first-order valence-corrected chi connectivity index (χ1v) is 4.58. The van der Waals surface area contributed by atoms with E-state index in [4.69, 9.17) is 0 Å². The molecule has 1 aromatic rings. The number of benzene rings is 1. The van der Waals surface area contributed by atoms with Gasteiger partial charge >= 0.3 is 0 Å². The van der Waals surface area contributed by atoms with Gasteiger partial charge in [0, 0.05) is 5.56 Å². The first kappa shape index (κ1) is 9.85. The van der Waals surface area contributed by atoms with Crippen LogP contribution < -0.4 is 0 Å². The second kappa shape index (κ2) is 4.13. The van der Waals surface area contributed by atoms with Crippen molar-refractivity contribution >= 4 is 6.08 Å². The average Bonchev–Trinajstić information content (AvgIpc) is 2.03. The minimum Gasteiger partial charge on any atom is -0.507 e. The molecule has 0 aliphatic heterocycles. The van der Waals surface area contributed by atoms with Crippen molar-refractivity contribution in [3.63, 3.8) is 0 Å². The number of hydrogen-bond donors (Lipinski definition) is 1. The lowest BCUT2D eigenvalue weighted by Gasteiger charge is -2.03. The summed E-state index contributed by atoms with van der Waals surface area (Å²) in [6.07, 6.45) is 4.07. The fourth-order valence-electron chi connectivity index (χ4n) is 1.17. The van der Waals surface area contributed by atoms with Gasteiger partial charge in [0.2, 0.25) is 0 Å². The van der Waals surface area contributed by atoms with Crippen LogP contribution in [0.15, 0.2) is 24.3 Å². The molecule has 0 aromatic heterocycles. The molecular weight excluding hydrogens is 160 g/mol. The fraction of sp³-hybridized carbons (Fsp3) is 0.333. The Balaban J connectivity index is 3.00. The molecule has 0 radical (unpaired) electrons. The minimum absolute atomic E-state index is 0.358. The van der Waals surface area contributed by atoms with Crippen LogP contribution in [0.2, 0.25) is 0 Å². The highest BCUT2D eigenvalue weighted by Gasteiger charge is 1.99. The summed E-state index contributed by atoms with van der Waals surface area (Å²) in [5, 5.41) is 9.55. The van der Waals surface area contributed by atoms with Crippen LogP contribution in [0.25, 0.3) is 6.08 Å². The quantitative estimate of drug-likeness (QED) is 0.732. The van der Waals surface area contributed by atoms with Gasteiger partial charge < -0.3 is 5.11 Å². The molecule has 13 heavy (non-hydrogen) atoms. The highest BCUT2D eigenvalue weighted by Crippen LogP contribution is 2.22. The van der Waals surface area contributed by atoms with Gasteiger partial charge in [0.15, 0.2) is 0 Å². The molecule has 70 valence electrons. The third-order valence-electron chi connectivity index (χ3n) is 1.95. The summed E-state index contributed by atoms with van der Waals surface area (Å²) in [5.41, 5.74) is 2.04. The highest BCUT2D eigenvalue weighted by atomic mass is 16.3. The van der Waals surface area contributed by atoms with Gasteiger partial charge in [-0.15, -0.1) is 0 Å². The molecule has 0 bridgehead atoms. The molecule has 1 aromatic carbocycles. The predicted molar refractivity (Wildman–Crippen MR) is 56.7 cm³/mol. The molecule has 0 amide bonds. The van der Waals surface area contributed by atoms with Crippen LogP contribution in [0, 0.1) is 12.8 Å². The third kappa shape index (κ3) is 2.62. The standard InChI is InChI=1S/C12H16O/c1-9(2)7-8-11-10(3)5-4-6-12(11)13/h4-9,13H,1-3H3/b8-7-. The van der Waals surface area contributed by atoms with Crippen LogP contribution in [0.5, 0.6) is 5.75 Å². The highest BCUT2D eigenvalue weighted by molar-refractivity contribution is 5.60. The van der Waals surface area contributed by atoms with Crippen LogP contribution in [-0.2, 0) is 0 Å². The number of phenols is 1. The van der Waals surface area contributed by atoms with Crippen LogP contribution in [-0.4, -0.2) is 5.11 Å². The lowest BCUT2D eigenvalue weighted by molar-refractivity contribution is 0.473. The molecule has 0 heterocycles. The first-order valence-electron chi connectivity index (χ1n) is 4.58. The summed E-state index contributed by atoms with van der Waals surface area (Å²) < 4.78 is 0. The average molecular weight is 176 g/mol. The second-order valence-electron chi connectivity index (χ2n) is 3.61. The van der Waals surface area contributed by atoms with Crippen molar-refractivity contribution in [2.45, 2.75) is 20.8 Å². The van der Waals surface area contributed by atoms with E-state index in [2.05, 4.69) is 19.9 Å². The maximum atomic E-state index is 9.55. The van der Waals surface area contributed by atoms with Crippen LogP contribution in [0.1, 0.15) is 25.0 Å². The Morgan fingerprint density at radius 2 is 2.00 bits per heavy atom. The Labute approximate surface area is 79.7 Å². The molecule has 1 heteroatoms. The largest absolute Gasteiger partial charge is 0.507 e. The maximum absolute atomic E-state index is 9.55. The number of hydrogen-bond acceptors (Lipinski definition) is 1. The molecular formula is C12H16O. The van der Waals surface area contributed by atoms with Gasteiger partial charge in [0.25, 0.3) is 0 Å². The van der Waals surface area contributed by atoms with Gasteiger partial charge in [-0.2, -0.15) is 0 Å². The van der Waals surface area contributed by atoms with Crippen molar-refractivity contribution in [1.82, 2.24) is 0 Å². The summed E-state index contributed by atoms with van der Waals surface area (Å²) in [7, 11) is 0. The molecule has 0 saturated carbocycles. The first-order chi connectivity index (χ1) is 6.11. The summed E-state index contributed by atoms with van der Waals surface area (Å²) in [5.74, 6) is 0.871. The van der Waals surface area contributed by atoms with Gasteiger partial charge in [-0.25, -0.2) is 0 Å². The Bertz CT molecular complexity index is 291. The molecule has 1 rings (SSSR count). The molecule has 1 nitrogen and oxygen atoms in total. The van der Waals surface area contributed by atoms with Gasteiger partial charge in [-0.3, -0.25) is 0 Å². The Morgan fingerprint density at radius 3 is 2.54 bits per heavy atom. The van der Waals surface area contributed by atoms with Gasteiger partial charge in [0.05, 0.1) is 0 Å². The van der Waals surface area contributed by atoms with E-state index in [9.17, 15) is 5.11 Å². The van der Waals surface area contributed by atoms with E-state index >= 15 is 0 Å². The molecule has 0 unspecified atom stereocenters. The van der Waals surface area contributed by atoms with E-state index in [-0.39, 0.29) is 0 Å². The monoisotopic (exact) mass is 176 g/mol. The molecule has 0 spiro atoms. The molecule has 0 aliphatic rings. The fourth-order valence-corrected chi connectivity index (χ4v) is 1.17. The lowest BCUT2D eigenvalue weighted by Crippen LogP contribution is -1.83. The topological polar surface area (TPSA) is 20.2 Å². The SMILES string of the molecule is Cc1cccc(O)c1/C=C\C(C)C. The van der Waals surface area contributed by atoms with Crippen molar-refractivity contribution in [1.29, 1.82) is 0 Å². The van der Waals surface area contributed by atoms with E-state index in [1.165, 1.54) is 0 Å². The zero-order chi connectivity index (χ0) is 9.84. The van der Waals surface area contributed by atoms with Gasteiger partial charge in [-0.05, 0) is 24.5 Å². The predicted octanol–water partition coefficient (Wildman–Crippen LogP) is 3.37. The second-order valence-corrected chi connectivity index (χ2v) is 3.61. The zero-order valence-electron chi connectivity index (χ0n) is 8.41. The maximum Gasteiger partial charge on any atom is 0.123 e. The summed E-state index contributed by atoms with van der Waals surface area (Å²) in [6.45, 7) is 6.23. The van der Waals surface area contributed by atoms with E-state index in [0.717, 1.165) is 11.1 Å². The number of rotatable bonds is 2. The Morgan fingerprint density at radius 1 is 1.31 bits per heavy atom. The molecule has 1 N–H and O–H groups in total. The molecule has 0 saturated heterocycles. The van der Waals surface area contributed by atoms with Crippen LogP contribution >= 0.6 is 0 Å². The Kier molecular flexibility index (Phi) is 3.13. The number of phenolic OH excluding ortho intramolecular Hbond substituents is 1. The summed E-state index contributed by atoms with van der Waals surface area (Å²) in [4.78, 5) is 0. The van der Waals surface area contributed by atoms with Gasteiger partial charge in [-0.1, -0.05) is 38.1 Å². The number of allylic oxidation sites excluding steroid dienone is 1. The van der Waals surface area contributed by atoms with Gasteiger partial charge in [0.1, 0.15) is 5.75 Å². The van der Waals surface area contributed by atoms with Crippen molar-refractivity contribution in [2.75, 3.05) is 0 Å². The molecule has 0 fully saturated rings. The van der Waals surface area contributed by atoms with Crippen molar-refractivity contribution in [2.24, 2.45) is 5.92 Å². The lowest BCUT2D eigenvalue weighted by atomic mass is 10.1. The number of aromatic hydroxyl groups is 1. The van der Waals surface area contributed by atoms with Crippen molar-refractivity contribution in [3.05, 3.63) is 35.4 Å². The summed E-state index contributed by atoms with van der Waals surface area (Å²) >= 11 is 0. The number of aryl methyl sites for hydroxylation is 1. The van der Waals surface area contributed by atoms with Crippen molar-refractivity contribution in [3.8, 4) is 5.75 Å². The van der Waals surface area contributed by atoms with E-state index < -0.39 is 0 Å². The van der Waals surface area contributed by atoms with Crippen LogP contribution in [0.4, 0.5) is 0 Å². The normalized spacial score (nSPS) is 11.4. The zero-order valence-corrected chi connectivity index (χ0v) is 8.41. The van der Waals surface area contributed by atoms with E-state index in [1.54, 1.807) is 6.07 Å². The van der Waals surface area contributed by atoms with E-state index in [0.29, 0.717) is 11.7 Å². The smallest absolute Gasteiger partial charge is 0.123 e. The van der Waals surface area contributed by atoms with Crippen LogP contribution in [0.3, 0.4) is 0 Å². The molecule has 0 aliphatic carbocycles. The molecule has 0 atom stereocenters. The van der Waals surface area contributed by atoms with Crippen molar-refractivity contribution < 1.29 is 5.11 Å². The minimum atomic E-state index is 0.358. The third-order valence-corrected chi connectivity index (χ3v) is 1.95. The summed E-state index contributed by atoms with van der Waals surface area (Å²) in [6, 6.07) is 5.57. The van der Waals surface area contributed by atoms with E-state index in [1.807, 2.05) is 25.1 Å².